The smallest absolute Gasteiger partial charge is 0.180 e. The van der Waals surface area contributed by atoms with E-state index in [2.05, 4.69) is 203 Å². The van der Waals surface area contributed by atoms with Gasteiger partial charge in [0.1, 0.15) is 0 Å². The van der Waals surface area contributed by atoms with Gasteiger partial charge in [-0.1, -0.05) is 158 Å². The minimum absolute atomic E-state index is 1.16. The average molecular weight is 665 g/mol. The van der Waals surface area contributed by atoms with Crippen molar-refractivity contribution in [1.82, 2.24) is 9.13 Å². The second kappa shape index (κ2) is 10.8. The highest BCUT2D eigenvalue weighted by Crippen LogP contribution is 2.42. The number of hydrogen-bond acceptors (Lipinski definition) is 0. The first-order chi connectivity index (χ1) is 25.3. The molecule has 0 spiro atoms. The minimum Gasteiger partial charge on any atom is -0.307 e. The fraction of sp³-hybridized carbons (Fsp3) is 0. The fourth-order valence-corrected chi connectivity index (χ4v) is 14.4. The van der Waals surface area contributed by atoms with Gasteiger partial charge >= 0.3 is 0 Å². The van der Waals surface area contributed by atoms with Crippen molar-refractivity contribution in [1.29, 1.82) is 0 Å². The van der Waals surface area contributed by atoms with Crippen LogP contribution in [0.3, 0.4) is 0 Å². The van der Waals surface area contributed by atoms with E-state index in [4.69, 9.17) is 0 Å². The number of benzene rings is 8. The molecule has 0 saturated heterocycles. The average Bonchev–Trinajstić information content (AvgIpc) is 3.83. The number of rotatable bonds is 4. The van der Waals surface area contributed by atoms with Crippen LogP contribution in [0, 0.1) is 0 Å². The highest BCUT2D eigenvalue weighted by atomic mass is 28.3. The summed E-state index contributed by atoms with van der Waals surface area (Å²) in [6, 6.07) is 72.3. The molecule has 0 amide bonds. The van der Waals surface area contributed by atoms with Crippen molar-refractivity contribution in [3.05, 3.63) is 194 Å². The van der Waals surface area contributed by atoms with Gasteiger partial charge in [-0.25, -0.2) is 0 Å². The highest BCUT2D eigenvalue weighted by molar-refractivity contribution is 7.22. The summed E-state index contributed by atoms with van der Waals surface area (Å²) in [5.74, 6) is 0. The Hall–Kier alpha value is -6.42. The molecule has 3 heteroatoms. The molecule has 11 rings (SSSR count). The van der Waals surface area contributed by atoms with Gasteiger partial charge in [-0.2, -0.15) is 0 Å². The Morgan fingerprint density at radius 1 is 0.314 bits per heavy atom. The van der Waals surface area contributed by atoms with Crippen molar-refractivity contribution in [3.8, 4) is 22.5 Å². The maximum atomic E-state index is 2.55. The summed E-state index contributed by atoms with van der Waals surface area (Å²) in [5.41, 5.74) is 9.95. The van der Waals surface area contributed by atoms with Crippen LogP contribution in [0.5, 0.6) is 0 Å². The third-order valence-corrected chi connectivity index (χ3v) is 16.0. The summed E-state index contributed by atoms with van der Waals surface area (Å²) < 4.78 is 4.97. The van der Waals surface area contributed by atoms with Gasteiger partial charge in [-0.3, -0.25) is 0 Å². The molecule has 2 aromatic heterocycles. The van der Waals surface area contributed by atoms with Crippen LogP contribution in [-0.2, 0) is 0 Å². The Morgan fingerprint density at radius 3 is 1.39 bits per heavy atom. The summed E-state index contributed by atoms with van der Waals surface area (Å²) in [4.78, 5) is 0. The van der Waals surface area contributed by atoms with Crippen LogP contribution in [0.25, 0.3) is 66.1 Å². The lowest BCUT2D eigenvalue weighted by Gasteiger charge is -2.31. The summed E-state index contributed by atoms with van der Waals surface area (Å²) in [7, 11) is -2.66. The first-order valence-corrected chi connectivity index (χ1v) is 19.7. The van der Waals surface area contributed by atoms with Gasteiger partial charge in [0.25, 0.3) is 0 Å². The molecule has 0 radical (unpaired) electrons. The SMILES string of the molecule is c1ccc(-n2c3ccccc3c3ccc4c5cc([Si]6(c7ccccc7)c7ccccc7-c7ccccc76)ccc5n(-c5ccccc5)c4c32)cc1. The largest absolute Gasteiger partial charge is 0.307 e. The summed E-state index contributed by atoms with van der Waals surface area (Å²) in [5, 5.41) is 10.8. The molecule has 0 atom stereocenters. The van der Waals surface area contributed by atoms with Crippen LogP contribution < -0.4 is 20.7 Å². The molecule has 0 bridgehead atoms. The van der Waals surface area contributed by atoms with Gasteiger partial charge in [0.15, 0.2) is 8.07 Å². The normalized spacial score (nSPS) is 13.3. The van der Waals surface area contributed by atoms with Crippen molar-refractivity contribution in [2.75, 3.05) is 0 Å². The summed E-state index contributed by atoms with van der Waals surface area (Å²) in [6.45, 7) is 0. The van der Waals surface area contributed by atoms with Gasteiger partial charge in [0.2, 0.25) is 0 Å². The van der Waals surface area contributed by atoms with Crippen LogP contribution in [0.4, 0.5) is 0 Å². The molecular formula is C48H32N2Si. The molecule has 0 N–H and O–H groups in total. The predicted molar refractivity (Wildman–Crippen MR) is 218 cm³/mol. The molecule has 0 aliphatic carbocycles. The maximum absolute atomic E-state index is 2.66. The molecule has 8 aromatic carbocycles. The Kier molecular flexibility index (Phi) is 6.01. The lowest BCUT2D eigenvalue weighted by Crippen LogP contribution is -2.72. The van der Waals surface area contributed by atoms with Gasteiger partial charge in [0.05, 0.1) is 22.1 Å². The third-order valence-electron chi connectivity index (χ3n) is 11.2. The maximum Gasteiger partial charge on any atom is 0.180 e. The summed E-state index contributed by atoms with van der Waals surface area (Å²) in [6.07, 6.45) is 0. The van der Waals surface area contributed by atoms with E-state index in [9.17, 15) is 0 Å². The van der Waals surface area contributed by atoms with Crippen LogP contribution in [0.15, 0.2) is 194 Å². The molecule has 1 aliphatic heterocycles. The van der Waals surface area contributed by atoms with E-state index < -0.39 is 8.07 Å². The minimum atomic E-state index is -2.66. The Morgan fingerprint density at radius 2 is 0.784 bits per heavy atom. The van der Waals surface area contributed by atoms with Gasteiger partial charge in [-0.05, 0) is 68.3 Å². The Bertz CT molecular complexity index is 2910. The summed E-state index contributed by atoms with van der Waals surface area (Å²) >= 11 is 0. The first-order valence-electron chi connectivity index (χ1n) is 17.7. The zero-order valence-corrected chi connectivity index (χ0v) is 28.9. The van der Waals surface area contributed by atoms with E-state index in [0.717, 1.165) is 11.4 Å². The molecule has 0 saturated carbocycles. The fourth-order valence-electron chi connectivity index (χ4n) is 9.19. The molecule has 238 valence electrons. The number of nitrogens with zero attached hydrogens (tertiary/aromatic N) is 2. The standard InChI is InChI=1S/C48H32N2Si/c1-4-16-33(17-5-1)49-43-25-13-10-22-37(43)40-29-30-41-42-32-36(28-31-44(42)50(48(41)47(40)49)34-18-6-2-7-19-34)51(35-20-8-3-9-21-35)45-26-14-11-23-38(45)39-24-12-15-27-46(39)51/h1-32H. The molecule has 1 aliphatic rings. The molecule has 51 heavy (non-hydrogen) atoms. The number of aromatic nitrogens is 2. The molecule has 0 fully saturated rings. The van der Waals surface area contributed by atoms with E-state index in [0.29, 0.717) is 0 Å². The van der Waals surface area contributed by atoms with Crippen LogP contribution in [-0.4, -0.2) is 17.2 Å². The molecule has 0 unspecified atom stereocenters. The lowest BCUT2D eigenvalue weighted by atomic mass is 10.1. The first kappa shape index (κ1) is 28.4. The van der Waals surface area contributed by atoms with Gasteiger partial charge in [0, 0.05) is 32.9 Å². The second-order valence-electron chi connectivity index (χ2n) is 13.7. The number of para-hydroxylation sites is 3. The third kappa shape index (κ3) is 3.81. The molecular weight excluding hydrogens is 633 g/mol. The Labute approximate surface area is 297 Å². The van der Waals surface area contributed by atoms with E-state index in [1.54, 1.807) is 0 Å². The topological polar surface area (TPSA) is 9.86 Å². The predicted octanol–water partition coefficient (Wildman–Crippen LogP) is 9.24. The van der Waals surface area contributed by atoms with Crippen molar-refractivity contribution >= 4 is 72.4 Å². The van der Waals surface area contributed by atoms with E-state index in [1.807, 2.05) is 0 Å². The van der Waals surface area contributed by atoms with Crippen LogP contribution in [0.2, 0.25) is 0 Å². The van der Waals surface area contributed by atoms with E-state index in [-0.39, 0.29) is 0 Å². The molecule has 3 heterocycles. The van der Waals surface area contributed by atoms with Crippen molar-refractivity contribution in [3.63, 3.8) is 0 Å². The monoisotopic (exact) mass is 664 g/mol. The quantitative estimate of drug-likeness (QED) is 0.166. The van der Waals surface area contributed by atoms with Gasteiger partial charge < -0.3 is 9.13 Å². The lowest BCUT2D eigenvalue weighted by molar-refractivity contribution is 1.15. The molecule has 10 aromatic rings. The van der Waals surface area contributed by atoms with Crippen molar-refractivity contribution < 1.29 is 0 Å². The van der Waals surface area contributed by atoms with Crippen molar-refractivity contribution in [2.24, 2.45) is 0 Å². The zero-order valence-electron chi connectivity index (χ0n) is 27.9. The number of hydrogen-bond donors (Lipinski definition) is 0. The van der Waals surface area contributed by atoms with E-state index in [1.165, 1.54) is 75.5 Å². The number of fused-ring (bicyclic) bond motifs is 10. The Balaban J connectivity index is 1.32. The van der Waals surface area contributed by atoms with Crippen molar-refractivity contribution in [2.45, 2.75) is 0 Å². The molecule has 2 nitrogen and oxygen atoms in total. The van der Waals surface area contributed by atoms with Crippen LogP contribution >= 0.6 is 0 Å². The van der Waals surface area contributed by atoms with Gasteiger partial charge in [-0.15, -0.1) is 0 Å². The highest BCUT2D eigenvalue weighted by Gasteiger charge is 2.48. The zero-order chi connectivity index (χ0) is 33.5. The second-order valence-corrected chi connectivity index (χ2v) is 17.4. The van der Waals surface area contributed by atoms with Crippen LogP contribution in [0.1, 0.15) is 0 Å². The van der Waals surface area contributed by atoms with E-state index >= 15 is 0 Å².